The van der Waals surface area contributed by atoms with Gasteiger partial charge in [-0.3, -0.25) is 9.78 Å². The van der Waals surface area contributed by atoms with Gasteiger partial charge in [-0.15, -0.1) is 0 Å². The topological polar surface area (TPSA) is 56.7 Å². The molecule has 0 aliphatic heterocycles. The minimum Gasteiger partial charge on any atom is -0.387 e. The fourth-order valence-electron chi connectivity index (χ4n) is 1.52. The number of likely N-dealkylation sites (N-methyl/N-ethyl adjacent to an activating group) is 2. The van der Waals surface area contributed by atoms with Gasteiger partial charge in [-0.05, 0) is 26.0 Å². The molecule has 1 rings (SSSR count). The molecule has 1 atom stereocenters. The van der Waals surface area contributed by atoms with E-state index in [0.29, 0.717) is 12.2 Å². The van der Waals surface area contributed by atoms with Gasteiger partial charge in [0.1, 0.15) is 0 Å². The summed E-state index contributed by atoms with van der Waals surface area (Å²) in [7, 11) is 3.48. The van der Waals surface area contributed by atoms with Gasteiger partial charge in [0, 0.05) is 20.6 Å². The third-order valence-electron chi connectivity index (χ3n) is 2.77. The summed E-state index contributed by atoms with van der Waals surface area (Å²) in [6, 6.07) is 3.66. The molecule has 0 saturated carbocycles. The number of anilines is 1. The number of hydrogen-bond acceptors (Lipinski definition) is 4. The molecule has 0 fully saturated rings. The zero-order chi connectivity index (χ0) is 13.7. The van der Waals surface area contributed by atoms with Gasteiger partial charge in [0.15, 0.2) is 0 Å². The van der Waals surface area contributed by atoms with E-state index in [0.717, 1.165) is 12.2 Å². The van der Waals surface area contributed by atoms with Crippen molar-refractivity contribution >= 4 is 11.6 Å². The monoisotopic (exact) mass is 251 g/mol. The fraction of sp³-hybridized carbons (Fsp3) is 0.538. The first kappa shape index (κ1) is 14.4. The molecule has 18 heavy (non-hydrogen) atoms. The number of rotatable bonds is 5. The molecule has 0 saturated heterocycles. The van der Waals surface area contributed by atoms with Crippen molar-refractivity contribution in [2.75, 3.05) is 32.1 Å². The van der Waals surface area contributed by atoms with Gasteiger partial charge in [0.05, 0.1) is 30.2 Å². The molecule has 0 radical (unpaired) electrons. The third kappa shape index (κ3) is 3.70. The summed E-state index contributed by atoms with van der Waals surface area (Å²) in [5.74, 6) is 0.0523. The van der Waals surface area contributed by atoms with Crippen LogP contribution in [0.5, 0.6) is 0 Å². The van der Waals surface area contributed by atoms with E-state index in [2.05, 4.69) is 4.98 Å². The minimum absolute atomic E-state index is 0.0523. The van der Waals surface area contributed by atoms with Crippen LogP contribution in [0.1, 0.15) is 25.6 Å². The van der Waals surface area contributed by atoms with Gasteiger partial charge in [-0.2, -0.15) is 0 Å². The highest BCUT2D eigenvalue weighted by molar-refractivity contribution is 5.80. The maximum Gasteiger partial charge on any atom is 0.241 e. The summed E-state index contributed by atoms with van der Waals surface area (Å²) in [6.45, 7) is 4.73. The summed E-state index contributed by atoms with van der Waals surface area (Å²) >= 11 is 0. The quantitative estimate of drug-likeness (QED) is 0.850. The van der Waals surface area contributed by atoms with Crippen LogP contribution < -0.4 is 4.90 Å². The lowest BCUT2D eigenvalue weighted by molar-refractivity contribution is -0.127. The van der Waals surface area contributed by atoms with Crippen LogP contribution in [-0.4, -0.2) is 48.1 Å². The Morgan fingerprint density at radius 2 is 2.11 bits per heavy atom. The molecule has 0 unspecified atom stereocenters. The molecule has 0 spiro atoms. The molecule has 0 aliphatic rings. The van der Waals surface area contributed by atoms with Crippen molar-refractivity contribution in [3.63, 3.8) is 0 Å². The average Bonchev–Trinajstić information content (AvgIpc) is 2.35. The number of nitrogens with zero attached hydrogens (tertiary/aromatic N) is 3. The van der Waals surface area contributed by atoms with Gasteiger partial charge in [0.25, 0.3) is 0 Å². The molecular weight excluding hydrogens is 230 g/mol. The fourth-order valence-corrected chi connectivity index (χ4v) is 1.52. The van der Waals surface area contributed by atoms with E-state index in [-0.39, 0.29) is 5.91 Å². The Balaban J connectivity index is 2.79. The Hall–Kier alpha value is -1.62. The Morgan fingerprint density at radius 1 is 1.44 bits per heavy atom. The van der Waals surface area contributed by atoms with Crippen LogP contribution in [0.3, 0.4) is 0 Å². The molecule has 1 N–H and O–H groups in total. The van der Waals surface area contributed by atoms with Crippen LogP contribution in [0.4, 0.5) is 5.69 Å². The van der Waals surface area contributed by atoms with Crippen molar-refractivity contribution in [1.29, 1.82) is 0 Å². The van der Waals surface area contributed by atoms with Crippen molar-refractivity contribution in [3.8, 4) is 0 Å². The zero-order valence-electron chi connectivity index (χ0n) is 11.4. The summed E-state index contributed by atoms with van der Waals surface area (Å²) < 4.78 is 0. The molecule has 1 aromatic rings. The van der Waals surface area contributed by atoms with Crippen molar-refractivity contribution in [1.82, 2.24) is 9.88 Å². The second kappa shape index (κ2) is 6.35. The maximum absolute atomic E-state index is 11.7. The van der Waals surface area contributed by atoms with E-state index < -0.39 is 6.10 Å². The lowest BCUT2D eigenvalue weighted by Crippen LogP contribution is -2.36. The summed E-state index contributed by atoms with van der Waals surface area (Å²) in [5.41, 5.74) is 1.52. The molecule has 5 nitrogen and oxygen atoms in total. The van der Waals surface area contributed by atoms with E-state index in [9.17, 15) is 9.90 Å². The summed E-state index contributed by atoms with van der Waals surface area (Å²) in [4.78, 5) is 19.4. The number of amides is 1. The standard InChI is InChI=1S/C13H21N3O2/c1-5-16(9-13(18)15(3)4)11-6-7-12(10(2)17)14-8-11/h6-8,10,17H,5,9H2,1-4H3/t10-/m0/s1. The summed E-state index contributed by atoms with van der Waals surface area (Å²) in [5, 5.41) is 9.39. The predicted octanol–water partition coefficient (Wildman–Crippen LogP) is 1.05. The molecule has 1 aromatic heterocycles. The normalized spacial score (nSPS) is 12.1. The molecule has 100 valence electrons. The number of aromatic nitrogens is 1. The SMILES string of the molecule is CCN(CC(=O)N(C)C)c1ccc([C@H](C)O)nc1. The van der Waals surface area contributed by atoms with Crippen LogP contribution in [-0.2, 0) is 4.79 Å². The highest BCUT2D eigenvalue weighted by Crippen LogP contribution is 2.16. The molecule has 0 aliphatic carbocycles. The lowest BCUT2D eigenvalue weighted by atomic mass is 10.2. The number of pyridine rings is 1. The minimum atomic E-state index is -0.572. The van der Waals surface area contributed by atoms with E-state index >= 15 is 0 Å². The largest absolute Gasteiger partial charge is 0.387 e. The molecule has 0 aromatic carbocycles. The number of hydrogen-bond donors (Lipinski definition) is 1. The number of aliphatic hydroxyl groups excluding tert-OH is 1. The van der Waals surface area contributed by atoms with E-state index in [4.69, 9.17) is 0 Å². The van der Waals surface area contributed by atoms with Crippen LogP contribution in [0.25, 0.3) is 0 Å². The number of carbonyl (C=O) groups is 1. The van der Waals surface area contributed by atoms with Crippen LogP contribution in [0, 0.1) is 0 Å². The molecule has 1 heterocycles. The first-order valence-electron chi connectivity index (χ1n) is 6.04. The average molecular weight is 251 g/mol. The number of aliphatic hydroxyl groups is 1. The second-order valence-corrected chi connectivity index (χ2v) is 4.42. The smallest absolute Gasteiger partial charge is 0.241 e. The van der Waals surface area contributed by atoms with Crippen LogP contribution in [0.15, 0.2) is 18.3 Å². The third-order valence-corrected chi connectivity index (χ3v) is 2.77. The molecular formula is C13H21N3O2. The Bertz CT molecular complexity index is 388. The van der Waals surface area contributed by atoms with E-state index in [1.54, 1.807) is 38.2 Å². The van der Waals surface area contributed by atoms with Crippen LogP contribution >= 0.6 is 0 Å². The highest BCUT2D eigenvalue weighted by atomic mass is 16.3. The van der Waals surface area contributed by atoms with Crippen molar-refractivity contribution in [2.24, 2.45) is 0 Å². The van der Waals surface area contributed by atoms with Crippen LogP contribution in [0.2, 0.25) is 0 Å². The molecule has 5 heteroatoms. The van der Waals surface area contributed by atoms with Gasteiger partial charge in [-0.25, -0.2) is 0 Å². The van der Waals surface area contributed by atoms with Gasteiger partial charge in [0.2, 0.25) is 5.91 Å². The zero-order valence-corrected chi connectivity index (χ0v) is 11.4. The van der Waals surface area contributed by atoms with Gasteiger partial charge >= 0.3 is 0 Å². The Morgan fingerprint density at radius 3 is 2.50 bits per heavy atom. The van der Waals surface area contributed by atoms with Gasteiger partial charge in [-0.1, -0.05) is 0 Å². The van der Waals surface area contributed by atoms with E-state index in [1.807, 2.05) is 17.9 Å². The Kier molecular flexibility index (Phi) is 5.09. The molecule has 1 amide bonds. The molecule has 0 bridgehead atoms. The second-order valence-electron chi connectivity index (χ2n) is 4.42. The highest BCUT2D eigenvalue weighted by Gasteiger charge is 2.12. The Labute approximate surface area is 108 Å². The van der Waals surface area contributed by atoms with Crippen molar-refractivity contribution < 1.29 is 9.90 Å². The lowest BCUT2D eigenvalue weighted by Gasteiger charge is -2.24. The number of carbonyl (C=O) groups excluding carboxylic acids is 1. The maximum atomic E-state index is 11.7. The van der Waals surface area contributed by atoms with E-state index in [1.165, 1.54) is 0 Å². The van der Waals surface area contributed by atoms with Gasteiger partial charge < -0.3 is 14.9 Å². The summed E-state index contributed by atoms with van der Waals surface area (Å²) in [6.07, 6.45) is 1.12. The predicted molar refractivity (Wildman–Crippen MR) is 71.5 cm³/mol. The first-order valence-corrected chi connectivity index (χ1v) is 6.04. The van der Waals surface area contributed by atoms with Crippen molar-refractivity contribution in [3.05, 3.63) is 24.0 Å². The van der Waals surface area contributed by atoms with Crippen molar-refractivity contribution in [2.45, 2.75) is 20.0 Å². The first-order chi connectivity index (χ1) is 8.45.